The van der Waals surface area contributed by atoms with Crippen LogP contribution >= 0.6 is 0 Å². The van der Waals surface area contributed by atoms with Crippen LogP contribution in [0.5, 0.6) is 0 Å². The Morgan fingerprint density at radius 1 is 1.00 bits per heavy atom. The molecule has 0 spiro atoms. The number of unbranched alkanes of at least 4 members (excludes halogenated alkanes) is 4. The van der Waals surface area contributed by atoms with Gasteiger partial charge < -0.3 is 0 Å². The van der Waals surface area contributed by atoms with Gasteiger partial charge in [0.2, 0.25) is 0 Å². The van der Waals surface area contributed by atoms with Gasteiger partial charge in [-0.1, -0.05) is 39.5 Å². The van der Waals surface area contributed by atoms with E-state index in [9.17, 15) is 0 Å². The van der Waals surface area contributed by atoms with Crippen molar-refractivity contribution in [1.29, 1.82) is 0 Å². The summed E-state index contributed by atoms with van der Waals surface area (Å²) in [6.45, 7) is 9.47. The molecule has 0 amide bonds. The zero-order valence-electron chi connectivity index (χ0n) is 10.8. The summed E-state index contributed by atoms with van der Waals surface area (Å²) in [6.07, 6.45) is 7.48. The van der Waals surface area contributed by atoms with E-state index in [0.717, 1.165) is 13.0 Å². The summed E-state index contributed by atoms with van der Waals surface area (Å²) in [5.41, 5.74) is 0.00567. The molecule has 0 N–H and O–H groups in total. The zero-order chi connectivity index (χ0) is 11.6. The van der Waals surface area contributed by atoms with Gasteiger partial charge >= 0.3 is 0 Å². The Labute approximate surface area is 94.9 Å². The van der Waals surface area contributed by atoms with Gasteiger partial charge in [-0.25, -0.2) is 9.98 Å². The predicted molar refractivity (Wildman–Crippen MR) is 67.9 cm³/mol. The van der Waals surface area contributed by atoms with Crippen LogP contribution in [-0.4, -0.2) is 18.1 Å². The molecular weight excluding hydrogens is 184 g/mol. The van der Waals surface area contributed by atoms with Gasteiger partial charge in [0.1, 0.15) is 0 Å². The van der Waals surface area contributed by atoms with Crippen LogP contribution in [0.3, 0.4) is 0 Å². The van der Waals surface area contributed by atoms with Crippen molar-refractivity contribution < 1.29 is 0 Å². The molecule has 0 aliphatic carbocycles. The Morgan fingerprint density at radius 3 is 2.27 bits per heavy atom. The first-order valence-electron chi connectivity index (χ1n) is 6.25. The topological polar surface area (TPSA) is 24.7 Å². The largest absolute Gasteiger partial charge is 0.226 e. The SMILES string of the molecule is CCCCCCCN=C=NC(C)(C)CC. The summed E-state index contributed by atoms with van der Waals surface area (Å²) in [7, 11) is 0. The highest BCUT2D eigenvalue weighted by Crippen LogP contribution is 2.11. The highest BCUT2D eigenvalue weighted by molar-refractivity contribution is 5.42. The van der Waals surface area contributed by atoms with Gasteiger partial charge in [-0.3, -0.25) is 0 Å². The molecule has 0 saturated heterocycles. The van der Waals surface area contributed by atoms with Gasteiger partial charge in [-0.05, 0) is 26.7 Å². The minimum atomic E-state index is 0.00567. The number of nitrogens with zero attached hydrogens (tertiary/aromatic N) is 2. The fourth-order valence-electron chi connectivity index (χ4n) is 1.09. The van der Waals surface area contributed by atoms with Gasteiger partial charge in [0.25, 0.3) is 0 Å². The van der Waals surface area contributed by atoms with E-state index >= 15 is 0 Å². The molecule has 88 valence electrons. The lowest BCUT2D eigenvalue weighted by atomic mass is 10.0. The molecule has 2 nitrogen and oxygen atoms in total. The molecule has 0 bridgehead atoms. The molecule has 0 atom stereocenters. The van der Waals surface area contributed by atoms with Crippen molar-refractivity contribution in [1.82, 2.24) is 0 Å². The minimum Gasteiger partial charge on any atom is -0.226 e. The van der Waals surface area contributed by atoms with Gasteiger partial charge in [0.15, 0.2) is 0 Å². The maximum absolute atomic E-state index is 4.29. The molecule has 0 heterocycles. The van der Waals surface area contributed by atoms with Crippen molar-refractivity contribution >= 4 is 6.01 Å². The van der Waals surface area contributed by atoms with Crippen LogP contribution < -0.4 is 0 Å². The molecule has 0 aliphatic rings. The smallest absolute Gasteiger partial charge is 0.0898 e. The number of aliphatic imine (C=N–C) groups is 2. The Hall–Kier alpha value is -0.620. The summed E-state index contributed by atoms with van der Waals surface area (Å²) in [4.78, 5) is 8.48. The summed E-state index contributed by atoms with van der Waals surface area (Å²) in [6, 6.07) is 2.82. The second-order valence-electron chi connectivity index (χ2n) is 4.67. The van der Waals surface area contributed by atoms with Crippen molar-refractivity contribution in [2.45, 2.75) is 71.8 Å². The van der Waals surface area contributed by atoms with Crippen molar-refractivity contribution in [2.24, 2.45) is 9.98 Å². The average Bonchev–Trinajstić information content (AvgIpc) is 2.22. The third-order valence-electron chi connectivity index (χ3n) is 2.66. The highest BCUT2D eigenvalue weighted by Gasteiger charge is 2.10. The average molecular weight is 210 g/mol. The van der Waals surface area contributed by atoms with E-state index < -0.39 is 0 Å². The van der Waals surface area contributed by atoms with E-state index in [0.29, 0.717) is 0 Å². The van der Waals surface area contributed by atoms with E-state index in [1.807, 2.05) is 0 Å². The molecule has 0 rings (SSSR count). The third kappa shape index (κ3) is 9.68. The number of rotatable bonds is 8. The molecule has 2 heteroatoms. The molecule has 0 fully saturated rings. The predicted octanol–water partition coefficient (Wildman–Crippen LogP) is 4.32. The Kier molecular flexibility index (Phi) is 8.31. The van der Waals surface area contributed by atoms with Crippen LogP contribution in [0.15, 0.2) is 9.98 Å². The van der Waals surface area contributed by atoms with Crippen LogP contribution in [-0.2, 0) is 0 Å². The van der Waals surface area contributed by atoms with Crippen molar-refractivity contribution in [3.8, 4) is 0 Å². The molecule has 0 radical (unpaired) electrons. The second kappa shape index (κ2) is 8.67. The van der Waals surface area contributed by atoms with Gasteiger partial charge in [-0.2, -0.15) is 0 Å². The normalized spacial score (nSPS) is 10.9. The standard InChI is InChI=1S/C13H26N2/c1-5-7-8-9-10-11-14-12-15-13(3,4)6-2/h5-11H2,1-4H3. The minimum absolute atomic E-state index is 0.00567. The van der Waals surface area contributed by atoms with Crippen LogP contribution in [0.2, 0.25) is 0 Å². The lowest BCUT2D eigenvalue weighted by Gasteiger charge is -2.13. The van der Waals surface area contributed by atoms with Crippen LogP contribution in [0.25, 0.3) is 0 Å². The van der Waals surface area contributed by atoms with Gasteiger partial charge in [0.05, 0.1) is 11.5 Å². The summed E-state index contributed by atoms with van der Waals surface area (Å²) in [5, 5.41) is 0. The second-order valence-corrected chi connectivity index (χ2v) is 4.67. The molecule has 0 saturated carbocycles. The first-order chi connectivity index (χ1) is 7.12. The van der Waals surface area contributed by atoms with E-state index in [-0.39, 0.29) is 5.54 Å². The Morgan fingerprint density at radius 2 is 1.67 bits per heavy atom. The van der Waals surface area contributed by atoms with E-state index in [2.05, 4.69) is 43.7 Å². The Balaban J connectivity index is 3.54. The monoisotopic (exact) mass is 210 g/mol. The van der Waals surface area contributed by atoms with Crippen molar-refractivity contribution in [3.05, 3.63) is 0 Å². The highest BCUT2D eigenvalue weighted by atomic mass is 14.9. The van der Waals surface area contributed by atoms with E-state index in [1.54, 1.807) is 0 Å². The maximum atomic E-state index is 4.29. The summed E-state index contributed by atoms with van der Waals surface area (Å²) >= 11 is 0. The lowest BCUT2D eigenvalue weighted by Crippen LogP contribution is -2.13. The molecular formula is C13H26N2. The molecule has 15 heavy (non-hydrogen) atoms. The first-order valence-corrected chi connectivity index (χ1v) is 6.25. The van der Waals surface area contributed by atoms with E-state index in [4.69, 9.17) is 0 Å². The summed E-state index contributed by atoms with van der Waals surface area (Å²) < 4.78 is 0. The van der Waals surface area contributed by atoms with Crippen LogP contribution in [0, 0.1) is 0 Å². The third-order valence-corrected chi connectivity index (χ3v) is 2.66. The number of hydrogen-bond acceptors (Lipinski definition) is 2. The van der Waals surface area contributed by atoms with Gasteiger partial charge in [0, 0.05) is 6.54 Å². The number of hydrogen-bond donors (Lipinski definition) is 0. The maximum Gasteiger partial charge on any atom is 0.0898 e. The van der Waals surface area contributed by atoms with Crippen molar-refractivity contribution in [2.75, 3.05) is 6.54 Å². The molecule has 0 aromatic carbocycles. The fourth-order valence-corrected chi connectivity index (χ4v) is 1.09. The van der Waals surface area contributed by atoms with Gasteiger partial charge in [-0.15, -0.1) is 0 Å². The lowest BCUT2D eigenvalue weighted by molar-refractivity contribution is 0.507. The quantitative estimate of drug-likeness (QED) is 0.421. The van der Waals surface area contributed by atoms with Crippen LogP contribution in [0.4, 0.5) is 0 Å². The first kappa shape index (κ1) is 14.4. The molecule has 0 aromatic heterocycles. The van der Waals surface area contributed by atoms with Crippen LogP contribution in [0.1, 0.15) is 66.2 Å². The van der Waals surface area contributed by atoms with E-state index in [1.165, 1.54) is 32.1 Å². The molecule has 0 unspecified atom stereocenters. The Bertz CT molecular complexity index is 201. The molecule has 0 aliphatic heterocycles. The summed E-state index contributed by atoms with van der Waals surface area (Å²) in [5.74, 6) is 0. The zero-order valence-corrected chi connectivity index (χ0v) is 10.8. The molecule has 0 aromatic rings. The fraction of sp³-hybridized carbons (Fsp3) is 0.923. The van der Waals surface area contributed by atoms with Crippen molar-refractivity contribution in [3.63, 3.8) is 0 Å².